The highest BCUT2D eigenvalue weighted by molar-refractivity contribution is 6.12. The second-order valence-corrected chi connectivity index (χ2v) is 7.12. The standard InChI is InChI=1S/C22H20N4O3/c1-13(2)21-25-20(29-26-21)11-14-7-9-15(10-8-14)23-22(28)17-12-19(27)24-18-6-4-3-5-16(17)18/h3-10,12-13H,11H2,1-2H3,(H,23,28)(H,24,27). The Balaban J connectivity index is 1.50. The Morgan fingerprint density at radius 3 is 2.62 bits per heavy atom. The smallest absolute Gasteiger partial charge is 0.256 e. The van der Waals surface area contributed by atoms with Crippen LogP contribution < -0.4 is 10.9 Å². The maximum atomic E-state index is 12.7. The lowest BCUT2D eigenvalue weighted by molar-refractivity contribution is 0.102. The minimum Gasteiger partial charge on any atom is -0.339 e. The van der Waals surface area contributed by atoms with Crippen LogP contribution in [0.15, 0.2) is 63.9 Å². The molecule has 7 nitrogen and oxygen atoms in total. The number of para-hydroxylation sites is 1. The fourth-order valence-electron chi connectivity index (χ4n) is 3.05. The van der Waals surface area contributed by atoms with E-state index in [1.54, 1.807) is 12.1 Å². The zero-order chi connectivity index (χ0) is 20.4. The number of anilines is 1. The summed E-state index contributed by atoms with van der Waals surface area (Å²) in [5.74, 6) is 1.12. The summed E-state index contributed by atoms with van der Waals surface area (Å²) in [6.07, 6.45) is 0.520. The van der Waals surface area contributed by atoms with Gasteiger partial charge in [0.25, 0.3) is 5.91 Å². The summed E-state index contributed by atoms with van der Waals surface area (Å²) in [5, 5.41) is 7.50. The molecule has 0 spiro atoms. The number of benzene rings is 2. The molecular formula is C22H20N4O3. The number of carbonyl (C=O) groups excluding carboxylic acids is 1. The number of fused-ring (bicyclic) bond motifs is 1. The first-order valence-electron chi connectivity index (χ1n) is 9.34. The molecule has 2 heterocycles. The molecule has 2 N–H and O–H groups in total. The molecule has 7 heteroatoms. The molecule has 0 atom stereocenters. The molecule has 0 aliphatic heterocycles. The number of pyridine rings is 1. The Kier molecular flexibility index (Phi) is 4.95. The summed E-state index contributed by atoms with van der Waals surface area (Å²) in [4.78, 5) is 31.7. The molecule has 4 aromatic rings. The number of rotatable bonds is 5. The van der Waals surface area contributed by atoms with E-state index in [4.69, 9.17) is 4.52 Å². The van der Waals surface area contributed by atoms with Crippen LogP contribution in [-0.2, 0) is 6.42 Å². The van der Waals surface area contributed by atoms with Gasteiger partial charge in [0, 0.05) is 28.6 Å². The van der Waals surface area contributed by atoms with Crippen LogP contribution in [0, 0.1) is 0 Å². The van der Waals surface area contributed by atoms with Crippen LogP contribution in [0.5, 0.6) is 0 Å². The van der Waals surface area contributed by atoms with Gasteiger partial charge in [-0.15, -0.1) is 0 Å². The molecule has 1 amide bonds. The maximum absolute atomic E-state index is 12.7. The van der Waals surface area contributed by atoms with Crippen LogP contribution in [0.1, 0.15) is 47.4 Å². The van der Waals surface area contributed by atoms with Gasteiger partial charge in [-0.25, -0.2) is 0 Å². The van der Waals surface area contributed by atoms with Crippen LogP contribution in [0.4, 0.5) is 5.69 Å². The zero-order valence-corrected chi connectivity index (χ0v) is 16.1. The van der Waals surface area contributed by atoms with Crippen LogP contribution in [0.2, 0.25) is 0 Å². The Morgan fingerprint density at radius 2 is 1.90 bits per heavy atom. The average molecular weight is 388 g/mol. The highest BCUT2D eigenvalue weighted by Gasteiger charge is 2.13. The van der Waals surface area contributed by atoms with Gasteiger partial charge in [-0.2, -0.15) is 4.98 Å². The molecule has 0 saturated heterocycles. The third kappa shape index (κ3) is 4.08. The number of nitrogens with zero attached hydrogens (tertiary/aromatic N) is 2. The first-order valence-corrected chi connectivity index (χ1v) is 9.34. The number of nitrogens with one attached hydrogen (secondary N) is 2. The van der Waals surface area contributed by atoms with Gasteiger partial charge >= 0.3 is 0 Å². The predicted molar refractivity (Wildman–Crippen MR) is 110 cm³/mol. The minimum absolute atomic E-state index is 0.214. The quantitative estimate of drug-likeness (QED) is 0.540. The van der Waals surface area contributed by atoms with Crippen molar-refractivity contribution < 1.29 is 9.32 Å². The molecule has 0 radical (unpaired) electrons. The van der Waals surface area contributed by atoms with Crippen molar-refractivity contribution in [2.75, 3.05) is 5.32 Å². The maximum Gasteiger partial charge on any atom is 0.256 e. The number of H-pyrrole nitrogens is 1. The molecule has 0 aliphatic rings. The molecule has 2 aromatic heterocycles. The van der Waals surface area contributed by atoms with E-state index in [0.717, 1.165) is 5.56 Å². The molecule has 146 valence electrons. The van der Waals surface area contributed by atoms with Crippen LogP contribution in [0.3, 0.4) is 0 Å². The Morgan fingerprint density at radius 1 is 1.14 bits per heavy atom. The van der Waals surface area contributed by atoms with Crippen molar-refractivity contribution in [2.45, 2.75) is 26.2 Å². The Bertz CT molecular complexity index is 1220. The number of hydrogen-bond donors (Lipinski definition) is 2. The Hall–Kier alpha value is -3.74. The lowest BCUT2D eigenvalue weighted by Gasteiger charge is -2.08. The molecule has 0 bridgehead atoms. The van der Waals surface area contributed by atoms with Gasteiger partial charge in [0.15, 0.2) is 5.82 Å². The number of aromatic nitrogens is 3. The number of carbonyl (C=O) groups is 1. The molecule has 0 unspecified atom stereocenters. The van der Waals surface area contributed by atoms with Crippen molar-refractivity contribution in [3.8, 4) is 0 Å². The number of hydrogen-bond acceptors (Lipinski definition) is 5. The molecule has 0 saturated carbocycles. The van der Waals surface area contributed by atoms with Crippen molar-refractivity contribution in [3.63, 3.8) is 0 Å². The van der Waals surface area contributed by atoms with Crippen molar-refractivity contribution in [1.82, 2.24) is 15.1 Å². The summed E-state index contributed by atoms with van der Waals surface area (Å²) in [7, 11) is 0. The van der Waals surface area contributed by atoms with Crippen molar-refractivity contribution in [2.24, 2.45) is 0 Å². The van der Waals surface area contributed by atoms with Crippen molar-refractivity contribution >= 4 is 22.5 Å². The monoisotopic (exact) mass is 388 g/mol. The van der Waals surface area contributed by atoms with Crippen molar-refractivity contribution in [3.05, 3.63) is 87.8 Å². The average Bonchev–Trinajstić information content (AvgIpc) is 3.17. The van der Waals surface area contributed by atoms with Crippen LogP contribution in [0.25, 0.3) is 10.9 Å². The van der Waals surface area contributed by atoms with Crippen molar-refractivity contribution in [1.29, 1.82) is 0 Å². The van der Waals surface area contributed by atoms with E-state index >= 15 is 0 Å². The number of amides is 1. The predicted octanol–water partition coefficient (Wildman–Crippen LogP) is 3.88. The van der Waals surface area contributed by atoms with Crippen LogP contribution in [-0.4, -0.2) is 21.0 Å². The summed E-state index contributed by atoms with van der Waals surface area (Å²) < 4.78 is 5.27. The van der Waals surface area contributed by atoms with Gasteiger partial charge in [0.1, 0.15) is 0 Å². The van der Waals surface area contributed by atoms with Gasteiger partial charge in [-0.1, -0.05) is 49.3 Å². The fourth-order valence-corrected chi connectivity index (χ4v) is 3.05. The van der Waals surface area contributed by atoms with Gasteiger partial charge in [-0.3, -0.25) is 9.59 Å². The second-order valence-electron chi connectivity index (χ2n) is 7.12. The van der Waals surface area contributed by atoms with E-state index < -0.39 is 0 Å². The van der Waals surface area contributed by atoms with Gasteiger partial charge in [-0.05, 0) is 23.8 Å². The first kappa shape index (κ1) is 18.6. The van der Waals surface area contributed by atoms with Crippen LogP contribution >= 0.6 is 0 Å². The summed E-state index contributed by atoms with van der Waals surface area (Å²) in [5.41, 5.74) is 2.27. The van der Waals surface area contributed by atoms with Gasteiger partial charge in [0.05, 0.1) is 12.0 Å². The lowest BCUT2D eigenvalue weighted by Crippen LogP contribution is -2.16. The normalized spacial score (nSPS) is 11.1. The summed E-state index contributed by atoms with van der Waals surface area (Å²) >= 11 is 0. The molecule has 29 heavy (non-hydrogen) atoms. The third-order valence-electron chi connectivity index (χ3n) is 4.56. The van der Waals surface area contributed by atoms with Gasteiger partial charge in [0.2, 0.25) is 11.4 Å². The molecule has 4 rings (SSSR count). The Labute approximate surface area is 166 Å². The minimum atomic E-state index is -0.335. The van der Waals surface area contributed by atoms with E-state index in [0.29, 0.717) is 40.3 Å². The highest BCUT2D eigenvalue weighted by atomic mass is 16.5. The molecule has 0 aliphatic carbocycles. The lowest BCUT2D eigenvalue weighted by atomic mass is 10.1. The van der Waals surface area contributed by atoms with E-state index in [-0.39, 0.29) is 17.4 Å². The van der Waals surface area contributed by atoms with E-state index in [2.05, 4.69) is 20.4 Å². The largest absolute Gasteiger partial charge is 0.339 e. The molecule has 0 fully saturated rings. The topological polar surface area (TPSA) is 101 Å². The first-order chi connectivity index (χ1) is 14.0. The zero-order valence-electron chi connectivity index (χ0n) is 16.1. The fraction of sp³-hybridized carbons (Fsp3) is 0.182. The molecule has 2 aromatic carbocycles. The molecular weight excluding hydrogens is 368 g/mol. The highest BCUT2D eigenvalue weighted by Crippen LogP contribution is 2.18. The van der Waals surface area contributed by atoms with E-state index in [1.165, 1.54) is 6.07 Å². The van der Waals surface area contributed by atoms with E-state index in [1.807, 2.05) is 50.2 Å². The van der Waals surface area contributed by atoms with Gasteiger partial charge < -0.3 is 14.8 Å². The number of aromatic amines is 1. The summed E-state index contributed by atoms with van der Waals surface area (Å²) in [6.45, 7) is 4.02. The SMILES string of the molecule is CC(C)c1noc(Cc2ccc(NC(=O)c3cc(=O)[nH]c4ccccc34)cc2)n1. The second kappa shape index (κ2) is 7.71. The third-order valence-corrected chi connectivity index (χ3v) is 4.56. The van der Waals surface area contributed by atoms with E-state index in [9.17, 15) is 9.59 Å². The summed E-state index contributed by atoms with van der Waals surface area (Å²) in [6, 6.07) is 15.9.